The van der Waals surface area contributed by atoms with Crippen LogP contribution in [0.4, 0.5) is 5.00 Å². The van der Waals surface area contributed by atoms with E-state index in [4.69, 9.17) is 10.5 Å². The van der Waals surface area contributed by atoms with Gasteiger partial charge in [-0.15, -0.1) is 11.3 Å². The molecule has 1 aromatic carbocycles. The highest BCUT2D eigenvalue weighted by atomic mass is 32.1. The number of amides is 4. The van der Waals surface area contributed by atoms with E-state index >= 15 is 0 Å². The van der Waals surface area contributed by atoms with Crippen LogP contribution in [0.15, 0.2) is 24.3 Å². The fourth-order valence-corrected chi connectivity index (χ4v) is 5.09. The number of ether oxygens (including phenoxy) is 1. The Hall–Kier alpha value is -3.53. The number of thiophene rings is 1. The molecule has 2 heterocycles. The lowest BCUT2D eigenvalue weighted by Gasteiger charge is -2.13. The van der Waals surface area contributed by atoms with Crippen LogP contribution in [-0.2, 0) is 27.2 Å². The van der Waals surface area contributed by atoms with Crippen LogP contribution < -0.4 is 11.1 Å². The summed E-state index contributed by atoms with van der Waals surface area (Å²) < 4.78 is 4.95. The monoisotopic (exact) mass is 441 g/mol. The normalized spacial score (nSPS) is 14.4. The van der Waals surface area contributed by atoms with Gasteiger partial charge in [0.15, 0.2) is 6.61 Å². The number of imide groups is 1. The second kappa shape index (κ2) is 8.31. The van der Waals surface area contributed by atoms with E-state index in [1.54, 1.807) is 24.3 Å². The Labute approximate surface area is 181 Å². The summed E-state index contributed by atoms with van der Waals surface area (Å²) in [5.74, 6) is -2.86. The molecule has 4 amide bonds. The molecule has 1 aliphatic carbocycles. The molecule has 0 saturated heterocycles. The largest absolute Gasteiger partial charge is 0.456 e. The van der Waals surface area contributed by atoms with Crippen molar-refractivity contribution >= 4 is 45.9 Å². The average Bonchev–Trinajstić information content (AvgIpc) is 3.38. The van der Waals surface area contributed by atoms with Gasteiger partial charge in [0.1, 0.15) is 5.00 Å². The summed E-state index contributed by atoms with van der Waals surface area (Å²) in [4.78, 5) is 62.5. The number of hydrogen-bond donors (Lipinski definition) is 2. The van der Waals surface area contributed by atoms with Crippen LogP contribution in [0.3, 0.4) is 0 Å². The molecule has 4 rings (SSSR count). The number of nitrogens with one attached hydrogen (secondary N) is 1. The van der Waals surface area contributed by atoms with Crippen molar-refractivity contribution in [3.63, 3.8) is 0 Å². The molecule has 0 radical (unpaired) electrons. The maximum absolute atomic E-state index is 12.3. The van der Waals surface area contributed by atoms with Crippen molar-refractivity contribution in [2.45, 2.75) is 25.7 Å². The minimum Gasteiger partial charge on any atom is -0.456 e. The Morgan fingerprint density at radius 3 is 2.42 bits per heavy atom. The summed E-state index contributed by atoms with van der Waals surface area (Å²) in [7, 11) is 0. The number of carbonyl (C=O) groups is 5. The van der Waals surface area contributed by atoms with E-state index in [0.717, 1.165) is 34.6 Å². The Balaban J connectivity index is 1.28. The number of fused-ring (bicyclic) bond motifs is 2. The summed E-state index contributed by atoms with van der Waals surface area (Å²) in [6, 6.07) is 6.43. The van der Waals surface area contributed by atoms with Gasteiger partial charge >= 0.3 is 5.97 Å². The third kappa shape index (κ3) is 3.93. The number of nitrogens with two attached hydrogens (primary N) is 1. The third-order valence-electron chi connectivity index (χ3n) is 5.20. The summed E-state index contributed by atoms with van der Waals surface area (Å²) >= 11 is 1.31. The van der Waals surface area contributed by atoms with Gasteiger partial charge in [0.2, 0.25) is 0 Å². The van der Waals surface area contributed by atoms with Gasteiger partial charge in [-0.05, 0) is 37.0 Å². The number of rotatable bonds is 7. The third-order valence-corrected chi connectivity index (χ3v) is 6.41. The number of benzene rings is 1. The van der Waals surface area contributed by atoms with Crippen molar-refractivity contribution in [2.75, 3.05) is 18.5 Å². The first kappa shape index (κ1) is 20.7. The Kier molecular flexibility index (Phi) is 5.55. The summed E-state index contributed by atoms with van der Waals surface area (Å²) in [5.41, 5.74) is 7.26. The van der Waals surface area contributed by atoms with E-state index in [1.165, 1.54) is 11.3 Å². The first-order valence-corrected chi connectivity index (χ1v) is 10.5. The molecule has 0 bridgehead atoms. The van der Waals surface area contributed by atoms with Crippen molar-refractivity contribution in [3.8, 4) is 0 Å². The summed E-state index contributed by atoms with van der Waals surface area (Å²) in [6.07, 6.45) is 2.29. The van der Waals surface area contributed by atoms with Crippen LogP contribution in [-0.4, -0.2) is 47.6 Å². The van der Waals surface area contributed by atoms with E-state index in [2.05, 4.69) is 5.32 Å². The molecule has 2 aliphatic rings. The highest BCUT2D eigenvalue weighted by Crippen LogP contribution is 2.38. The maximum atomic E-state index is 12.3. The molecule has 1 aromatic heterocycles. The smallest absolute Gasteiger partial charge is 0.308 e. The number of aryl methyl sites for hydroxylation is 1. The zero-order chi connectivity index (χ0) is 22.1. The van der Waals surface area contributed by atoms with Gasteiger partial charge in [0.05, 0.1) is 23.1 Å². The number of nitrogens with zero attached hydrogens (tertiary/aromatic N) is 1. The van der Waals surface area contributed by atoms with E-state index < -0.39 is 36.2 Å². The second-order valence-corrected chi connectivity index (χ2v) is 8.30. The maximum Gasteiger partial charge on any atom is 0.308 e. The lowest BCUT2D eigenvalue weighted by Crippen LogP contribution is -2.32. The van der Waals surface area contributed by atoms with Gasteiger partial charge < -0.3 is 15.8 Å². The van der Waals surface area contributed by atoms with Crippen LogP contribution in [0.25, 0.3) is 0 Å². The lowest BCUT2D eigenvalue weighted by atomic mass is 10.1. The van der Waals surface area contributed by atoms with Crippen LogP contribution in [0.2, 0.25) is 0 Å². The van der Waals surface area contributed by atoms with Crippen molar-refractivity contribution in [3.05, 3.63) is 51.4 Å². The standard InChI is InChI=1S/C21H19N3O6S/c22-18(27)17-13-6-3-7-14(13)31-19(17)23-15(25)10-30-16(26)8-9-24-20(28)11-4-1-2-5-12(11)21(24)29/h1-2,4-5H,3,6-10H2,(H2,22,27)(H,23,25). The van der Waals surface area contributed by atoms with Crippen LogP contribution in [0, 0.1) is 0 Å². The lowest BCUT2D eigenvalue weighted by molar-refractivity contribution is -0.147. The molecule has 1 aliphatic heterocycles. The first-order chi connectivity index (χ1) is 14.9. The Bertz CT molecular complexity index is 1090. The van der Waals surface area contributed by atoms with Gasteiger partial charge in [-0.2, -0.15) is 0 Å². The zero-order valence-corrected chi connectivity index (χ0v) is 17.3. The predicted octanol–water partition coefficient (Wildman–Crippen LogP) is 1.50. The van der Waals surface area contributed by atoms with Crippen LogP contribution in [0.5, 0.6) is 0 Å². The number of carbonyl (C=O) groups excluding carboxylic acids is 5. The minimum atomic E-state index is -0.726. The fraction of sp³-hybridized carbons (Fsp3) is 0.286. The number of hydrogen-bond acceptors (Lipinski definition) is 7. The first-order valence-electron chi connectivity index (χ1n) is 9.72. The van der Waals surface area contributed by atoms with Gasteiger partial charge in [0.25, 0.3) is 23.6 Å². The van der Waals surface area contributed by atoms with E-state index in [-0.39, 0.29) is 13.0 Å². The van der Waals surface area contributed by atoms with Gasteiger partial charge in [-0.1, -0.05) is 12.1 Å². The second-order valence-electron chi connectivity index (χ2n) is 7.19. The van der Waals surface area contributed by atoms with Gasteiger partial charge in [-0.25, -0.2) is 0 Å². The molecule has 0 fully saturated rings. The van der Waals surface area contributed by atoms with Crippen molar-refractivity contribution in [1.82, 2.24) is 4.90 Å². The van der Waals surface area contributed by atoms with E-state index in [0.29, 0.717) is 21.7 Å². The molecule has 160 valence electrons. The quantitative estimate of drug-likeness (QED) is 0.494. The molecule has 0 atom stereocenters. The highest BCUT2D eigenvalue weighted by molar-refractivity contribution is 7.17. The molecule has 0 saturated carbocycles. The minimum absolute atomic E-state index is 0.143. The number of anilines is 1. The molecule has 3 N–H and O–H groups in total. The zero-order valence-electron chi connectivity index (χ0n) is 16.4. The van der Waals surface area contributed by atoms with Crippen molar-refractivity contribution in [2.24, 2.45) is 5.73 Å². The number of esters is 1. The average molecular weight is 441 g/mol. The van der Waals surface area contributed by atoms with Gasteiger partial charge in [-0.3, -0.25) is 28.9 Å². The topological polar surface area (TPSA) is 136 Å². The van der Waals surface area contributed by atoms with Crippen molar-refractivity contribution in [1.29, 1.82) is 0 Å². The molecule has 10 heteroatoms. The van der Waals surface area contributed by atoms with E-state index in [9.17, 15) is 24.0 Å². The Morgan fingerprint density at radius 2 is 1.77 bits per heavy atom. The molecular formula is C21H19N3O6S. The molecule has 9 nitrogen and oxygen atoms in total. The molecular weight excluding hydrogens is 422 g/mol. The molecule has 0 unspecified atom stereocenters. The Morgan fingerprint density at radius 1 is 1.10 bits per heavy atom. The van der Waals surface area contributed by atoms with Gasteiger partial charge in [0, 0.05) is 11.4 Å². The van der Waals surface area contributed by atoms with E-state index in [1.807, 2.05) is 0 Å². The van der Waals surface area contributed by atoms with Crippen molar-refractivity contribution < 1.29 is 28.7 Å². The summed E-state index contributed by atoms with van der Waals surface area (Å²) in [5, 5.41) is 2.95. The molecule has 0 spiro atoms. The molecule has 2 aromatic rings. The van der Waals surface area contributed by atoms with Crippen LogP contribution >= 0.6 is 11.3 Å². The van der Waals surface area contributed by atoms with Crippen LogP contribution in [0.1, 0.15) is 54.4 Å². The molecule has 31 heavy (non-hydrogen) atoms. The number of primary amides is 1. The SMILES string of the molecule is NC(=O)c1c(NC(=O)COC(=O)CCN2C(=O)c3ccccc3C2=O)sc2c1CCC2. The fourth-order valence-electron chi connectivity index (χ4n) is 3.78. The summed E-state index contributed by atoms with van der Waals surface area (Å²) in [6.45, 7) is -0.696. The highest BCUT2D eigenvalue weighted by Gasteiger charge is 2.35. The predicted molar refractivity (Wildman–Crippen MR) is 111 cm³/mol.